The maximum Gasteiger partial charge on any atom is 0.341 e. The number of ether oxygens (including phenoxy) is 2. The largest absolute Gasteiger partial charge is 0.490 e. The van der Waals surface area contributed by atoms with Gasteiger partial charge < -0.3 is 14.6 Å². The molecule has 2 rings (SSSR count). The predicted molar refractivity (Wildman–Crippen MR) is 102 cm³/mol. The van der Waals surface area contributed by atoms with Crippen LogP contribution in [0.5, 0.6) is 11.5 Å². The fraction of sp³-hybridized carbons (Fsp3) is 0.222. The highest BCUT2D eigenvalue weighted by atomic mass is 127. The number of halogens is 1. The third-order valence-corrected chi connectivity index (χ3v) is 3.87. The number of hydrogen-bond donors (Lipinski definition) is 1. The number of rotatable bonds is 7. The van der Waals surface area contributed by atoms with Gasteiger partial charge in [-0.25, -0.2) is 4.79 Å². The standard InChI is InChI=1S/C18H18INO4/c1-3-23-16-9-13(8-15(19)18(16)24-11-17(21)22)10-20-14-6-4-12(2)5-7-14/h4-10H,3,11H2,1-2H3,(H,21,22). The highest BCUT2D eigenvalue weighted by Gasteiger charge is 2.13. The number of carboxylic acid groups (broad SMARTS) is 1. The molecule has 0 saturated heterocycles. The number of nitrogens with zero attached hydrogens (tertiary/aromatic N) is 1. The van der Waals surface area contributed by atoms with E-state index < -0.39 is 12.6 Å². The summed E-state index contributed by atoms with van der Waals surface area (Å²) in [5, 5.41) is 8.78. The Hall–Kier alpha value is -2.09. The van der Waals surface area contributed by atoms with E-state index in [1.54, 1.807) is 12.3 Å². The smallest absolute Gasteiger partial charge is 0.341 e. The molecule has 0 aliphatic heterocycles. The van der Waals surface area contributed by atoms with Crippen LogP contribution in [0.2, 0.25) is 0 Å². The number of benzene rings is 2. The zero-order valence-corrected chi connectivity index (χ0v) is 15.6. The summed E-state index contributed by atoms with van der Waals surface area (Å²) in [6.45, 7) is 3.94. The first kappa shape index (κ1) is 18.3. The summed E-state index contributed by atoms with van der Waals surface area (Å²) in [5.41, 5.74) is 2.90. The van der Waals surface area contributed by atoms with Crippen molar-refractivity contribution >= 4 is 40.5 Å². The lowest BCUT2D eigenvalue weighted by Crippen LogP contribution is -2.11. The lowest BCUT2D eigenvalue weighted by molar-refractivity contribution is -0.139. The maximum atomic E-state index is 10.7. The monoisotopic (exact) mass is 439 g/mol. The van der Waals surface area contributed by atoms with Crippen molar-refractivity contribution in [2.45, 2.75) is 13.8 Å². The third-order valence-electron chi connectivity index (χ3n) is 3.07. The van der Waals surface area contributed by atoms with Gasteiger partial charge in [-0.15, -0.1) is 0 Å². The van der Waals surface area contributed by atoms with Gasteiger partial charge in [-0.2, -0.15) is 0 Å². The maximum absolute atomic E-state index is 10.7. The molecule has 5 nitrogen and oxygen atoms in total. The quantitative estimate of drug-likeness (QED) is 0.519. The molecule has 126 valence electrons. The van der Waals surface area contributed by atoms with Gasteiger partial charge in [-0.3, -0.25) is 4.99 Å². The molecule has 0 spiro atoms. The van der Waals surface area contributed by atoms with Crippen LogP contribution < -0.4 is 9.47 Å². The van der Waals surface area contributed by atoms with Gasteiger partial charge in [0.1, 0.15) is 0 Å². The highest BCUT2D eigenvalue weighted by molar-refractivity contribution is 14.1. The van der Waals surface area contributed by atoms with Gasteiger partial charge in [0.05, 0.1) is 15.9 Å². The molecule has 0 amide bonds. The van der Waals surface area contributed by atoms with E-state index in [0.29, 0.717) is 18.1 Å². The molecule has 0 heterocycles. The van der Waals surface area contributed by atoms with E-state index in [-0.39, 0.29) is 0 Å². The van der Waals surface area contributed by atoms with Crippen molar-refractivity contribution in [1.82, 2.24) is 0 Å². The summed E-state index contributed by atoms with van der Waals surface area (Å²) < 4.78 is 11.7. The van der Waals surface area contributed by atoms with Crippen molar-refractivity contribution in [1.29, 1.82) is 0 Å². The van der Waals surface area contributed by atoms with Gasteiger partial charge in [-0.05, 0) is 66.3 Å². The van der Waals surface area contributed by atoms with E-state index in [1.165, 1.54) is 5.56 Å². The molecular formula is C18H18INO4. The lowest BCUT2D eigenvalue weighted by atomic mass is 10.2. The van der Waals surface area contributed by atoms with Crippen molar-refractivity contribution in [2.75, 3.05) is 13.2 Å². The van der Waals surface area contributed by atoms with Crippen LogP contribution in [0.1, 0.15) is 18.1 Å². The molecule has 6 heteroatoms. The number of hydrogen-bond acceptors (Lipinski definition) is 4. The molecule has 0 radical (unpaired) electrons. The Balaban J connectivity index is 2.27. The number of carbonyl (C=O) groups is 1. The van der Waals surface area contributed by atoms with Gasteiger partial charge in [0.15, 0.2) is 18.1 Å². The van der Waals surface area contributed by atoms with E-state index in [0.717, 1.165) is 14.8 Å². The molecule has 2 aromatic carbocycles. The van der Waals surface area contributed by atoms with E-state index in [4.69, 9.17) is 14.6 Å². The first-order valence-electron chi connectivity index (χ1n) is 7.41. The summed E-state index contributed by atoms with van der Waals surface area (Å²) in [6, 6.07) is 11.6. The van der Waals surface area contributed by atoms with Crippen LogP contribution in [0.15, 0.2) is 41.4 Å². The van der Waals surface area contributed by atoms with Crippen molar-refractivity contribution in [3.8, 4) is 11.5 Å². The number of aryl methyl sites for hydroxylation is 1. The Labute approximate surface area is 154 Å². The van der Waals surface area contributed by atoms with Crippen molar-refractivity contribution in [3.05, 3.63) is 51.1 Å². The zero-order valence-electron chi connectivity index (χ0n) is 13.5. The molecule has 0 aromatic heterocycles. The van der Waals surface area contributed by atoms with Crippen molar-refractivity contribution in [3.63, 3.8) is 0 Å². The Kier molecular flexibility index (Phi) is 6.60. The van der Waals surface area contributed by atoms with E-state index >= 15 is 0 Å². The minimum atomic E-state index is -1.03. The zero-order chi connectivity index (χ0) is 17.5. The second-order valence-electron chi connectivity index (χ2n) is 5.04. The summed E-state index contributed by atoms with van der Waals surface area (Å²) in [6.07, 6.45) is 1.75. The van der Waals surface area contributed by atoms with E-state index in [9.17, 15) is 4.79 Å². The fourth-order valence-corrected chi connectivity index (χ4v) is 2.76. The van der Waals surface area contributed by atoms with Gasteiger partial charge in [0, 0.05) is 6.21 Å². The van der Waals surface area contributed by atoms with Gasteiger partial charge in [0.2, 0.25) is 0 Å². The predicted octanol–water partition coefficient (Wildman–Crippen LogP) is 4.21. The molecule has 0 atom stereocenters. The average Bonchev–Trinajstić information content (AvgIpc) is 2.53. The number of carboxylic acids is 1. The van der Waals surface area contributed by atoms with Crippen LogP contribution in [0.4, 0.5) is 5.69 Å². The summed E-state index contributed by atoms with van der Waals surface area (Å²) in [7, 11) is 0. The Morgan fingerprint density at radius 3 is 2.58 bits per heavy atom. The Morgan fingerprint density at radius 2 is 1.96 bits per heavy atom. The minimum Gasteiger partial charge on any atom is -0.490 e. The van der Waals surface area contributed by atoms with E-state index in [2.05, 4.69) is 27.6 Å². The molecule has 0 fully saturated rings. The summed E-state index contributed by atoms with van der Waals surface area (Å²) >= 11 is 2.10. The molecule has 0 unspecified atom stereocenters. The molecule has 0 aliphatic rings. The third kappa shape index (κ3) is 5.23. The van der Waals surface area contributed by atoms with Crippen LogP contribution in [0.3, 0.4) is 0 Å². The first-order valence-corrected chi connectivity index (χ1v) is 8.49. The highest BCUT2D eigenvalue weighted by Crippen LogP contribution is 2.34. The molecule has 0 saturated carbocycles. The molecule has 24 heavy (non-hydrogen) atoms. The second-order valence-corrected chi connectivity index (χ2v) is 6.20. The molecule has 0 bridgehead atoms. The van der Waals surface area contributed by atoms with Crippen LogP contribution in [0.25, 0.3) is 0 Å². The number of aliphatic imine (C=N–C) groups is 1. The molecular weight excluding hydrogens is 421 g/mol. The molecule has 1 N–H and O–H groups in total. The minimum absolute atomic E-state index is 0.410. The Bertz CT molecular complexity index is 741. The normalized spacial score (nSPS) is 10.8. The van der Waals surface area contributed by atoms with Crippen molar-refractivity contribution in [2.24, 2.45) is 4.99 Å². The molecule has 2 aromatic rings. The topological polar surface area (TPSA) is 68.1 Å². The summed E-state index contributed by atoms with van der Waals surface area (Å²) in [4.78, 5) is 15.2. The SMILES string of the molecule is CCOc1cc(C=Nc2ccc(C)cc2)cc(I)c1OCC(=O)O. The average molecular weight is 439 g/mol. The van der Waals surface area contributed by atoms with E-state index in [1.807, 2.05) is 44.2 Å². The van der Waals surface area contributed by atoms with Crippen LogP contribution in [0, 0.1) is 10.5 Å². The fourth-order valence-electron chi connectivity index (χ4n) is 1.98. The van der Waals surface area contributed by atoms with Crippen LogP contribution in [-0.2, 0) is 4.79 Å². The lowest BCUT2D eigenvalue weighted by Gasteiger charge is -2.13. The van der Waals surface area contributed by atoms with Crippen molar-refractivity contribution < 1.29 is 19.4 Å². The number of aliphatic carboxylic acids is 1. The van der Waals surface area contributed by atoms with Gasteiger partial charge >= 0.3 is 5.97 Å². The Morgan fingerprint density at radius 1 is 1.25 bits per heavy atom. The van der Waals surface area contributed by atoms with Gasteiger partial charge in [0.25, 0.3) is 0 Å². The second kappa shape index (κ2) is 8.68. The van der Waals surface area contributed by atoms with Gasteiger partial charge in [-0.1, -0.05) is 17.7 Å². The molecule has 0 aliphatic carbocycles. The van der Waals surface area contributed by atoms with Crippen LogP contribution >= 0.6 is 22.6 Å². The first-order chi connectivity index (χ1) is 11.5. The summed E-state index contributed by atoms with van der Waals surface area (Å²) in [5.74, 6) is -0.0819. The van der Waals surface area contributed by atoms with Crippen LogP contribution in [-0.4, -0.2) is 30.5 Å².